The van der Waals surface area contributed by atoms with Crippen LogP contribution in [0.25, 0.3) is 0 Å². The number of aliphatic hydroxyl groups excluding tert-OH is 4. The number of esters is 9. The van der Waals surface area contributed by atoms with Crippen LogP contribution >= 0.6 is 46.4 Å². The third kappa shape index (κ3) is 40.0. The normalized spacial score (nSPS) is 31.6. The molecule has 6 N–H and O–H groups in total. The predicted octanol–water partition coefficient (Wildman–Crippen LogP) is 14.2. The molecule has 9 rings (SSSR count). The molecule has 8 unspecified atom stereocenters. The lowest BCUT2D eigenvalue weighted by atomic mass is 10.00. The van der Waals surface area contributed by atoms with E-state index in [2.05, 4.69) is 6.58 Å². The molecule has 0 aliphatic carbocycles. The molecular weight excluding hydrogens is 1780 g/mol. The molecule has 31 nitrogen and oxygen atoms in total. The van der Waals surface area contributed by atoms with Crippen molar-refractivity contribution < 1.29 is 150 Å². The molecule has 4 saturated heterocycles. The number of ketones is 1. The first kappa shape index (κ1) is 110. The quantitative estimate of drug-likeness (QED) is 0.0303. The van der Waals surface area contributed by atoms with Crippen LogP contribution in [0.4, 0.5) is 0 Å². The van der Waals surface area contributed by atoms with Gasteiger partial charge in [-0.3, -0.25) is 57.5 Å². The molecule has 130 heavy (non-hydrogen) atoms. The van der Waals surface area contributed by atoms with Crippen LogP contribution in [0.5, 0.6) is 0 Å². The lowest BCUT2D eigenvalue weighted by Crippen LogP contribution is -2.41. The molecule has 9 heterocycles. The van der Waals surface area contributed by atoms with E-state index in [1.807, 2.05) is 61.6 Å². The minimum atomic E-state index is -1.18. The molecule has 0 aromatic heterocycles. The fourth-order valence-electron chi connectivity index (χ4n) is 15.5. The van der Waals surface area contributed by atoms with Gasteiger partial charge >= 0.3 is 65.7 Å². The molecule has 0 saturated carbocycles. The predicted molar refractivity (Wildman–Crippen MR) is 477 cm³/mol. The summed E-state index contributed by atoms with van der Waals surface area (Å²) in [4.78, 5) is 142. The van der Waals surface area contributed by atoms with Crippen LogP contribution < -0.4 is 0 Å². The Hall–Kier alpha value is -8.70. The number of hydrogen-bond donors (Lipinski definition) is 6. The number of allylic oxidation sites excluding steroid dienone is 12. The number of carboxylic acids is 2. The molecule has 0 spiro atoms. The highest BCUT2D eigenvalue weighted by molar-refractivity contribution is 6.30. The molecule has 9 aliphatic rings. The Morgan fingerprint density at radius 1 is 0.438 bits per heavy atom. The second-order valence-electron chi connectivity index (χ2n) is 33.9. The highest BCUT2D eigenvalue weighted by Gasteiger charge is 2.48. The van der Waals surface area contributed by atoms with E-state index >= 15 is 0 Å². The van der Waals surface area contributed by atoms with E-state index in [1.54, 1.807) is 48.5 Å². The molecule has 0 radical (unpaired) electrons. The molecule has 8 bridgehead atoms. The molecule has 0 aromatic rings. The summed E-state index contributed by atoms with van der Waals surface area (Å²) in [6.45, 7) is 22.3. The summed E-state index contributed by atoms with van der Waals surface area (Å²) >= 11 is 25.3. The number of aliphatic carboxylic acids is 2. The lowest BCUT2D eigenvalue weighted by Gasteiger charge is -2.28. The Morgan fingerprint density at radius 2 is 0.754 bits per heavy atom. The van der Waals surface area contributed by atoms with E-state index in [-0.39, 0.29) is 99.7 Å². The van der Waals surface area contributed by atoms with Crippen molar-refractivity contribution in [2.24, 2.45) is 0 Å². The van der Waals surface area contributed by atoms with Crippen LogP contribution in [0.2, 0.25) is 0 Å². The van der Waals surface area contributed by atoms with Crippen LogP contribution in [-0.2, 0) is 119 Å². The number of hydrogen-bond acceptors (Lipinski definition) is 29. The smallest absolute Gasteiger partial charge is 0.310 e. The van der Waals surface area contributed by atoms with E-state index < -0.39 is 157 Å². The SMILES string of the molecule is C/C1=C/C/C=C(\Cl)CCC2CC(OC(=O)C[C@@H]1O)[C@H]([C@H](O)/C=C(\C)CC(=O)O)O2.C=C(COC(=O)C/C(C)=C/[C@@H](O)[C@@H]1OC2CC/C(Cl)=C/C/C=C(/C)[C@@H](OC(C)=O)CC(=O)OC1C2)C(C)=O.CC(=O)O[C@H]1CC(=O)OC2CC(CC/C(Cl)=C/CC=C1C)O[C@H]2[C@H](O)/C=C(\C)CC(=O)O.CC(=O)O[C@H]1CC(=O)OC2CC(CC/C(Cl)=C/CC=C1C)O[C@H]2[C@H]1C=C(C)CC(=O)O1. The van der Waals surface area contributed by atoms with E-state index in [0.717, 1.165) is 11.1 Å². The van der Waals surface area contributed by atoms with Crippen molar-refractivity contribution in [3.63, 3.8) is 0 Å². The van der Waals surface area contributed by atoms with Gasteiger partial charge in [0, 0.05) is 72.2 Å². The van der Waals surface area contributed by atoms with Gasteiger partial charge in [-0.15, -0.1) is 0 Å². The van der Waals surface area contributed by atoms with Crippen LogP contribution in [0.15, 0.2) is 150 Å². The van der Waals surface area contributed by atoms with Crippen molar-refractivity contribution in [1.82, 2.24) is 0 Å². The Bertz CT molecular complexity index is 4400. The fourth-order valence-corrected chi connectivity index (χ4v) is 16.3. The van der Waals surface area contributed by atoms with Gasteiger partial charge in [-0.05, 0) is 168 Å². The van der Waals surface area contributed by atoms with Crippen molar-refractivity contribution in [1.29, 1.82) is 0 Å². The van der Waals surface area contributed by atoms with E-state index in [4.69, 9.17) is 118 Å². The first-order valence-corrected chi connectivity index (χ1v) is 45.1. The van der Waals surface area contributed by atoms with Gasteiger partial charge in [-0.1, -0.05) is 142 Å². The van der Waals surface area contributed by atoms with Crippen molar-refractivity contribution in [2.45, 2.75) is 359 Å². The van der Waals surface area contributed by atoms with E-state index in [0.29, 0.717) is 156 Å². The maximum absolute atomic E-state index is 12.8. The molecule has 9 aliphatic heterocycles. The average molecular weight is 1910 g/mol. The Kier molecular flexibility index (Phi) is 46.6. The molecule has 0 amide bonds. The topological polar surface area (TPSA) is 446 Å². The Labute approximate surface area is 778 Å². The van der Waals surface area contributed by atoms with Gasteiger partial charge in [0.1, 0.15) is 98.2 Å². The van der Waals surface area contributed by atoms with Gasteiger partial charge in [0.2, 0.25) is 0 Å². The summed E-state index contributed by atoms with van der Waals surface area (Å²) in [5, 5.41) is 62.9. The monoisotopic (exact) mass is 1900 g/mol. The third-order valence-electron chi connectivity index (χ3n) is 22.3. The number of ether oxygens (including phenoxy) is 13. The standard InChI is InChI=1S/C28H37ClO9.C23H31ClO8.C23H29ClO7.C21H29ClO7/c1-16(12-26(33)35-15-18(3)19(4)30)11-23(32)28-25-13-22(37-28)10-9-21(29)8-6-7-17(2)24(36-20(5)31)14-27(34)38-25;1-13(10-21(27)28)9-18(26)23-20-11-17(31-23)8-7-16(24)6-4-5-14(2)19(30-15(3)25)12-22(29)32-20;1-13-9-19(30-21(26)10-13)23-20-11-17(29-23)8-7-16(24)6-4-5-14(2)18(28-15(3)25)12-22(27)31-20;1-12(9-19(25)26)8-17(24)21-18-10-15(28-21)7-6-14(22)5-3-4-13(2)16(23)11-20(27)29-18/h7-8,11,22-25,28,32H,3,6,9-10,12-15H2,1-2,4-5H3;5-6,9,17-20,23,26H,4,7-8,10-12H2,1-3H3,(H,27,28);5-6,9,17-20,23H,4,7-8,10-12H2,1-3H3;4-5,8,15-18,21,23-24H,3,6-7,9-11H2,1-2H3,(H,25,26)/b16-11+,17-7-,21-8-;13-9+,14-5?,16-6-;14-5?,16-6-;12-8+,13-4-,14-5-/t22?,23-,24+,25?,28+;17?,18-,19+,20?,23+;17?,18-,19+,20?,23-;15?,16-,17+,18?,21-/m1100/s1. The maximum atomic E-state index is 12.8. The first-order valence-electron chi connectivity index (χ1n) is 43.6. The van der Waals surface area contributed by atoms with Gasteiger partial charge in [0.25, 0.3) is 0 Å². The molecule has 720 valence electrons. The largest absolute Gasteiger partial charge is 0.481 e. The minimum absolute atomic E-state index is 0.105. The van der Waals surface area contributed by atoms with Crippen LogP contribution in [0.3, 0.4) is 0 Å². The maximum Gasteiger partial charge on any atom is 0.310 e. The van der Waals surface area contributed by atoms with Gasteiger partial charge in [-0.25, -0.2) is 0 Å². The molecule has 35 heteroatoms. The average Bonchev–Trinajstić information content (AvgIpc) is 1.67. The number of carbonyl (C=O) groups is 12. The highest BCUT2D eigenvalue weighted by Crippen LogP contribution is 2.39. The molecule has 20 atom stereocenters. The highest BCUT2D eigenvalue weighted by atomic mass is 35.5. The van der Waals surface area contributed by atoms with E-state index in [1.165, 1.54) is 45.9 Å². The van der Waals surface area contributed by atoms with Crippen molar-refractivity contribution in [2.75, 3.05) is 6.61 Å². The second-order valence-corrected chi connectivity index (χ2v) is 35.8. The molecule has 0 aromatic carbocycles. The third-order valence-corrected chi connectivity index (χ3v) is 23.7. The number of cyclic esters (lactones) is 1. The van der Waals surface area contributed by atoms with Crippen molar-refractivity contribution in [3.05, 3.63) is 150 Å². The number of Topliss-reactive ketones (excluding diaryl/α,β-unsaturated/α-hetero) is 1. The summed E-state index contributed by atoms with van der Waals surface area (Å²) in [6.07, 6.45) is 14.4. The van der Waals surface area contributed by atoms with E-state index in [9.17, 15) is 78.0 Å². The number of aliphatic hydroxyl groups is 4. The summed E-state index contributed by atoms with van der Waals surface area (Å²) in [7, 11) is 0. The Morgan fingerprint density at radius 3 is 1.08 bits per heavy atom. The van der Waals surface area contributed by atoms with Gasteiger partial charge < -0.3 is 92.2 Å². The van der Waals surface area contributed by atoms with Crippen molar-refractivity contribution in [3.8, 4) is 0 Å². The zero-order valence-electron chi connectivity index (χ0n) is 75.8. The lowest BCUT2D eigenvalue weighted by molar-refractivity contribution is -0.166. The number of halogens is 4. The van der Waals surface area contributed by atoms with Gasteiger partial charge in [-0.2, -0.15) is 0 Å². The minimum Gasteiger partial charge on any atom is -0.481 e. The summed E-state index contributed by atoms with van der Waals surface area (Å²) in [5.41, 5.74) is 5.35. The first-order chi connectivity index (χ1) is 61.3. The number of rotatable bonds is 19. The van der Waals surface area contributed by atoms with Gasteiger partial charge in [0.15, 0.2) is 5.78 Å². The number of carbonyl (C=O) groups excluding carboxylic acids is 10. The zero-order chi connectivity index (χ0) is 96.3. The zero-order valence-corrected chi connectivity index (χ0v) is 78.8. The summed E-state index contributed by atoms with van der Waals surface area (Å²) < 4.78 is 73.2. The van der Waals surface area contributed by atoms with Crippen LogP contribution in [0.1, 0.15) is 237 Å². The molecular formula is C95H126Cl4O31. The second kappa shape index (κ2) is 55.1. The van der Waals surface area contributed by atoms with Crippen LogP contribution in [0, 0.1) is 0 Å². The van der Waals surface area contributed by atoms with Gasteiger partial charge in [0.05, 0.1) is 81.9 Å². The fraction of sp³-hybridized carbons (Fsp3) is 0.600. The van der Waals surface area contributed by atoms with Crippen LogP contribution in [-0.4, -0.2) is 231 Å². The Balaban J connectivity index is 0.000000268. The number of fused-ring (bicyclic) bond motifs is 8. The number of carboxylic acid groups (broad SMARTS) is 2. The summed E-state index contributed by atoms with van der Waals surface area (Å²) in [5.74, 6) is -6.91. The summed E-state index contributed by atoms with van der Waals surface area (Å²) in [6, 6.07) is 0. The molecule has 4 fully saturated rings. The van der Waals surface area contributed by atoms with Crippen molar-refractivity contribution >= 4 is 118 Å².